The Morgan fingerprint density at radius 2 is 2.05 bits per heavy atom. The largest absolute Gasteiger partial charge is 0.377 e. The van der Waals surface area contributed by atoms with Gasteiger partial charge in [-0.05, 0) is 31.0 Å². The van der Waals surface area contributed by atoms with Crippen LogP contribution in [0.1, 0.15) is 18.1 Å². The Labute approximate surface area is 131 Å². The van der Waals surface area contributed by atoms with Gasteiger partial charge in [0.05, 0.1) is 6.20 Å². The summed E-state index contributed by atoms with van der Waals surface area (Å²) in [6.07, 6.45) is 2.90. The van der Waals surface area contributed by atoms with Gasteiger partial charge in [0.25, 0.3) is 0 Å². The first-order chi connectivity index (χ1) is 10.3. The zero-order valence-corrected chi connectivity index (χ0v) is 14.2. The number of benzene rings is 1. The Hall–Kier alpha value is -1.86. The molecule has 2 aromatic rings. The molecule has 0 saturated carbocycles. The van der Waals surface area contributed by atoms with E-state index in [2.05, 4.69) is 9.82 Å². The van der Waals surface area contributed by atoms with E-state index in [1.807, 2.05) is 51.0 Å². The molecule has 1 aromatic carbocycles. The number of aromatic nitrogens is 2. The molecule has 0 aliphatic rings. The van der Waals surface area contributed by atoms with Gasteiger partial charge in [-0.3, -0.25) is 4.68 Å². The van der Waals surface area contributed by atoms with Gasteiger partial charge in [0.1, 0.15) is 4.90 Å². The maximum atomic E-state index is 12.2. The van der Waals surface area contributed by atoms with Crippen molar-refractivity contribution in [1.82, 2.24) is 14.5 Å². The molecular formula is C15H22N4O2S. The minimum atomic E-state index is -3.53. The van der Waals surface area contributed by atoms with Crippen LogP contribution in [0.4, 0.5) is 5.69 Å². The molecule has 0 fully saturated rings. The maximum Gasteiger partial charge on any atom is 0.243 e. The van der Waals surface area contributed by atoms with Gasteiger partial charge in [0.15, 0.2) is 0 Å². The van der Waals surface area contributed by atoms with Crippen LogP contribution in [-0.2, 0) is 23.1 Å². The molecule has 120 valence electrons. The van der Waals surface area contributed by atoms with Crippen LogP contribution >= 0.6 is 0 Å². The average molecular weight is 322 g/mol. The first kappa shape index (κ1) is 16.5. The van der Waals surface area contributed by atoms with E-state index in [-0.39, 0.29) is 11.4 Å². The summed E-state index contributed by atoms with van der Waals surface area (Å²) < 4.78 is 28.6. The summed E-state index contributed by atoms with van der Waals surface area (Å²) in [5.41, 5.74) is 3.16. The quantitative estimate of drug-likeness (QED) is 0.880. The Balaban J connectivity index is 2.10. The molecule has 0 atom stereocenters. The highest BCUT2D eigenvalue weighted by Crippen LogP contribution is 2.19. The highest BCUT2D eigenvalue weighted by Gasteiger charge is 2.16. The third-order valence-electron chi connectivity index (χ3n) is 3.45. The van der Waals surface area contributed by atoms with E-state index < -0.39 is 10.0 Å². The lowest BCUT2D eigenvalue weighted by Gasteiger charge is -2.16. The Morgan fingerprint density at radius 3 is 2.59 bits per heavy atom. The summed E-state index contributed by atoms with van der Waals surface area (Å²) in [4.78, 5) is 2.22. The van der Waals surface area contributed by atoms with Crippen molar-refractivity contribution in [2.45, 2.75) is 31.8 Å². The maximum absolute atomic E-state index is 12.2. The molecule has 22 heavy (non-hydrogen) atoms. The first-order valence-corrected chi connectivity index (χ1v) is 8.61. The van der Waals surface area contributed by atoms with Gasteiger partial charge in [-0.15, -0.1) is 0 Å². The van der Waals surface area contributed by atoms with Crippen LogP contribution in [0.15, 0.2) is 35.5 Å². The summed E-state index contributed by atoms with van der Waals surface area (Å²) in [7, 11) is 0.434. The van der Waals surface area contributed by atoms with Crippen LogP contribution in [0.2, 0.25) is 0 Å². The van der Waals surface area contributed by atoms with Gasteiger partial charge >= 0.3 is 0 Å². The number of hydrogen-bond acceptors (Lipinski definition) is 4. The minimum Gasteiger partial charge on any atom is -0.377 e. The molecule has 1 N–H and O–H groups in total. The molecule has 2 rings (SSSR count). The number of nitrogens with one attached hydrogen (secondary N) is 1. The van der Waals surface area contributed by atoms with Crippen molar-refractivity contribution in [2.75, 3.05) is 19.0 Å². The molecule has 0 aliphatic heterocycles. The number of nitrogens with zero attached hydrogens (tertiary/aromatic N) is 3. The van der Waals surface area contributed by atoms with Crippen molar-refractivity contribution in [2.24, 2.45) is 0 Å². The second-order valence-corrected chi connectivity index (χ2v) is 7.14. The Morgan fingerprint density at radius 1 is 1.32 bits per heavy atom. The van der Waals surface area contributed by atoms with Gasteiger partial charge in [-0.1, -0.05) is 12.1 Å². The van der Waals surface area contributed by atoms with Crippen LogP contribution in [0.3, 0.4) is 0 Å². The van der Waals surface area contributed by atoms with E-state index in [4.69, 9.17) is 0 Å². The topological polar surface area (TPSA) is 67.2 Å². The van der Waals surface area contributed by atoms with Crippen molar-refractivity contribution in [3.05, 3.63) is 41.7 Å². The van der Waals surface area contributed by atoms with Gasteiger partial charge in [-0.2, -0.15) is 5.10 Å². The molecule has 1 aromatic heterocycles. The molecule has 0 unspecified atom stereocenters. The van der Waals surface area contributed by atoms with E-state index in [0.717, 1.165) is 16.8 Å². The molecule has 6 nitrogen and oxygen atoms in total. The second kappa shape index (κ2) is 6.50. The van der Waals surface area contributed by atoms with Crippen LogP contribution in [0.5, 0.6) is 0 Å². The number of aryl methyl sites for hydroxylation is 2. The zero-order valence-electron chi connectivity index (χ0n) is 13.4. The highest BCUT2D eigenvalue weighted by molar-refractivity contribution is 7.89. The molecular weight excluding hydrogens is 300 g/mol. The summed E-state index contributed by atoms with van der Waals surface area (Å²) in [5.74, 6) is 0. The standard InChI is InChI=1S/C15H22N4O2S/c1-5-19-11-14(10-16-19)22(20,21)17-9-13-6-7-15(18(3)4)12(2)8-13/h6-8,10-11,17H,5,9H2,1-4H3. The van der Waals surface area contributed by atoms with Crippen molar-refractivity contribution in [1.29, 1.82) is 0 Å². The van der Waals surface area contributed by atoms with E-state index in [1.54, 1.807) is 4.68 Å². The Kier molecular flexibility index (Phi) is 4.87. The van der Waals surface area contributed by atoms with Crippen molar-refractivity contribution >= 4 is 15.7 Å². The molecule has 0 spiro atoms. The van der Waals surface area contributed by atoms with Gasteiger partial charge < -0.3 is 4.90 Å². The smallest absolute Gasteiger partial charge is 0.243 e. The normalized spacial score (nSPS) is 11.6. The fourth-order valence-corrected chi connectivity index (χ4v) is 3.22. The van der Waals surface area contributed by atoms with Crippen LogP contribution < -0.4 is 9.62 Å². The van der Waals surface area contributed by atoms with E-state index in [0.29, 0.717) is 6.54 Å². The predicted molar refractivity (Wildman–Crippen MR) is 87.4 cm³/mol. The van der Waals surface area contributed by atoms with Crippen molar-refractivity contribution in [3.63, 3.8) is 0 Å². The fraction of sp³-hybridized carbons (Fsp3) is 0.400. The van der Waals surface area contributed by atoms with Crippen molar-refractivity contribution in [3.8, 4) is 0 Å². The van der Waals surface area contributed by atoms with Crippen LogP contribution in [0, 0.1) is 6.92 Å². The van der Waals surface area contributed by atoms with Gasteiger partial charge in [0.2, 0.25) is 10.0 Å². The molecule has 7 heteroatoms. The monoisotopic (exact) mass is 322 g/mol. The molecule has 0 aliphatic carbocycles. The third kappa shape index (κ3) is 3.66. The summed E-state index contributed by atoms with van der Waals surface area (Å²) in [5, 5.41) is 3.99. The molecule has 0 amide bonds. The lowest BCUT2D eigenvalue weighted by atomic mass is 10.1. The van der Waals surface area contributed by atoms with Gasteiger partial charge in [0, 0.05) is 39.1 Å². The number of hydrogen-bond donors (Lipinski definition) is 1. The Bertz CT molecular complexity index is 751. The molecule has 0 bridgehead atoms. The third-order valence-corrected chi connectivity index (χ3v) is 4.81. The van der Waals surface area contributed by atoms with E-state index in [1.165, 1.54) is 12.4 Å². The fourth-order valence-electron chi connectivity index (χ4n) is 2.25. The van der Waals surface area contributed by atoms with E-state index in [9.17, 15) is 8.42 Å². The second-order valence-electron chi connectivity index (χ2n) is 5.37. The lowest BCUT2D eigenvalue weighted by molar-refractivity contribution is 0.580. The van der Waals surface area contributed by atoms with Crippen LogP contribution in [0.25, 0.3) is 0 Å². The van der Waals surface area contributed by atoms with Crippen molar-refractivity contribution < 1.29 is 8.42 Å². The summed E-state index contributed by atoms with van der Waals surface area (Å²) >= 11 is 0. The summed E-state index contributed by atoms with van der Waals surface area (Å²) in [6, 6.07) is 5.92. The predicted octanol–water partition coefficient (Wildman–Crippen LogP) is 1.76. The van der Waals surface area contributed by atoms with Crippen LogP contribution in [-0.4, -0.2) is 32.3 Å². The molecule has 1 heterocycles. The SMILES string of the molecule is CCn1cc(S(=O)(=O)NCc2ccc(N(C)C)c(C)c2)cn1. The minimum absolute atomic E-state index is 0.191. The molecule has 0 radical (unpaired) electrons. The molecule has 0 saturated heterocycles. The number of sulfonamides is 1. The number of anilines is 1. The summed E-state index contributed by atoms with van der Waals surface area (Å²) in [6.45, 7) is 4.82. The zero-order chi connectivity index (χ0) is 16.3. The highest BCUT2D eigenvalue weighted by atomic mass is 32.2. The number of rotatable bonds is 6. The van der Waals surface area contributed by atoms with Gasteiger partial charge in [-0.25, -0.2) is 13.1 Å². The first-order valence-electron chi connectivity index (χ1n) is 7.12. The lowest BCUT2D eigenvalue weighted by Crippen LogP contribution is -2.23. The van der Waals surface area contributed by atoms with E-state index >= 15 is 0 Å². The average Bonchev–Trinajstić information content (AvgIpc) is 2.94.